The standard InChI is InChI=1S/C20H23FN2O3S/c1-14(2)22(3)27(25,26)18-8-4-6-16(12-18)20(24)23-11-5-7-15-9-10-17(21)13-19(15)23/h4,6,8-10,12-14H,5,7,11H2,1-3H3. The molecular weight excluding hydrogens is 367 g/mol. The van der Waals surface area contributed by atoms with E-state index in [1.54, 1.807) is 32.0 Å². The molecule has 0 saturated heterocycles. The first-order chi connectivity index (χ1) is 12.7. The average molecular weight is 390 g/mol. The van der Waals surface area contributed by atoms with Crippen LogP contribution in [-0.2, 0) is 16.4 Å². The van der Waals surface area contributed by atoms with Gasteiger partial charge in [0.1, 0.15) is 5.82 Å². The molecule has 0 unspecified atom stereocenters. The van der Waals surface area contributed by atoms with Gasteiger partial charge in [-0.1, -0.05) is 12.1 Å². The van der Waals surface area contributed by atoms with Crippen LogP contribution in [0.15, 0.2) is 47.4 Å². The second-order valence-electron chi connectivity index (χ2n) is 6.98. The Labute approximate surface area is 159 Å². The van der Waals surface area contributed by atoms with Gasteiger partial charge in [0.15, 0.2) is 0 Å². The van der Waals surface area contributed by atoms with Crippen LogP contribution in [0.25, 0.3) is 0 Å². The normalized spacial score (nSPS) is 14.5. The summed E-state index contributed by atoms with van der Waals surface area (Å²) in [5.74, 6) is -0.728. The van der Waals surface area contributed by atoms with Crippen molar-refractivity contribution in [1.29, 1.82) is 0 Å². The summed E-state index contributed by atoms with van der Waals surface area (Å²) in [5, 5.41) is 0. The first-order valence-electron chi connectivity index (χ1n) is 8.90. The molecule has 0 aliphatic carbocycles. The van der Waals surface area contributed by atoms with Gasteiger partial charge < -0.3 is 4.90 Å². The van der Waals surface area contributed by atoms with Crippen LogP contribution in [0.4, 0.5) is 10.1 Å². The molecule has 0 spiro atoms. The first-order valence-corrected chi connectivity index (χ1v) is 10.3. The number of sulfonamides is 1. The van der Waals surface area contributed by atoms with Crippen LogP contribution in [0.2, 0.25) is 0 Å². The maximum Gasteiger partial charge on any atom is 0.258 e. The van der Waals surface area contributed by atoms with Crippen molar-refractivity contribution in [2.45, 2.75) is 37.6 Å². The Morgan fingerprint density at radius 2 is 1.93 bits per heavy atom. The number of hydrogen-bond donors (Lipinski definition) is 0. The number of rotatable bonds is 4. The molecule has 0 saturated carbocycles. The van der Waals surface area contributed by atoms with Gasteiger partial charge >= 0.3 is 0 Å². The Kier molecular flexibility index (Phi) is 5.35. The quantitative estimate of drug-likeness (QED) is 0.803. The highest BCUT2D eigenvalue weighted by molar-refractivity contribution is 7.89. The van der Waals surface area contributed by atoms with Crippen LogP contribution < -0.4 is 4.90 Å². The zero-order valence-corrected chi connectivity index (χ0v) is 16.5. The molecule has 5 nitrogen and oxygen atoms in total. The van der Waals surface area contributed by atoms with Gasteiger partial charge in [0.05, 0.1) is 10.6 Å². The summed E-state index contributed by atoms with van der Waals surface area (Å²) in [5.41, 5.74) is 1.74. The predicted octanol–water partition coefficient (Wildman–Crippen LogP) is 3.45. The van der Waals surface area contributed by atoms with Crippen molar-refractivity contribution in [3.63, 3.8) is 0 Å². The number of anilines is 1. The molecule has 7 heteroatoms. The number of carbonyl (C=O) groups excluding carboxylic acids is 1. The van der Waals surface area contributed by atoms with E-state index in [1.807, 2.05) is 0 Å². The second-order valence-corrected chi connectivity index (χ2v) is 8.97. The third-order valence-electron chi connectivity index (χ3n) is 4.90. The predicted molar refractivity (Wildman–Crippen MR) is 103 cm³/mol. The number of carbonyl (C=O) groups is 1. The van der Waals surface area contributed by atoms with Crippen molar-refractivity contribution >= 4 is 21.6 Å². The Morgan fingerprint density at radius 3 is 2.63 bits per heavy atom. The van der Waals surface area contributed by atoms with E-state index in [0.717, 1.165) is 18.4 Å². The minimum absolute atomic E-state index is 0.0704. The highest BCUT2D eigenvalue weighted by atomic mass is 32.2. The van der Waals surface area contributed by atoms with Crippen molar-refractivity contribution < 1.29 is 17.6 Å². The monoisotopic (exact) mass is 390 g/mol. The summed E-state index contributed by atoms with van der Waals surface area (Å²) >= 11 is 0. The summed E-state index contributed by atoms with van der Waals surface area (Å²) < 4.78 is 40.4. The minimum atomic E-state index is -3.69. The summed E-state index contributed by atoms with van der Waals surface area (Å²) in [4.78, 5) is 14.6. The molecule has 3 rings (SSSR count). The van der Waals surface area contributed by atoms with Gasteiger partial charge in [-0.25, -0.2) is 12.8 Å². The zero-order chi connectivity index (χ0) is 19.8. The molecule has 2 aromatic rings. The van der Waals surface area contributed by atoms with Gasteiger partial charge in [0, 0.05) is 25.2 Å². The van der Waals surface area contributed by atoms with Gasteiger partial charge in [-0.2, -0.15) is 4.31 Å². The third kappa shape index (κ3) is 3.75. The minimum Gasteiger partial charge on any atom is -0.308 e. The van der Waals surface area contributed by atoms with Gasteiger partial charge in [0.25, 0.3) is 5.91 Å². The fraction of sp³-hybridized carbons (Fsp3) is 0.350. The molecule has 0 N–H and O–H groups in total. The van der Waals surface area contributed by atoms with E-state index in [1.165, 1.54) is 40.5 Å². The molecule has 0 aromatic heterocycles. The molecule has 1 aliphatic heterocycles. The van der Waals surface area contributed by atoms with E-state index in [0.29, 0.717) is 12.2 Å². The summed E-state index contributed by atoms with van der Waals surface area (Å²) in [6.45, 7) is 4.04. The number of halogens is 1. The summed E-state index contributed by atoms with van der Waals surface area (Å²) in [7, 11) is -2.18. The number of amides is 1. The van der Waals surface area contributed by atoms with Gasteiger partial charge in [-0.15, -0.1) is 0 Å². The van der Waals surface area contributed by atoms with Gasteiger partial charge in [0.2, 0.25) is 10.0 Å². The van der Waals surface area contributed by atoms with E-state index < -0.39 is 15.8 Å². The Balaban J connectivity index is 1.98. The SMILES string of the molecule is CC(C)N(C)S(=O)(=O)c1cccc(C(=O)N2CCCc3ccc(F)cc32)c1. The zero-order valence-electron chi connectivity index (χ0n) is 15.6. The lowest BCUT2D eigenvalue weighted by molar-refractivity contribution is 0.0985. The maximum absolute atomic E-state index is 13.7. The summed E-state index contributed by atoms with van der Waals surface area (Å²) in [6, 6.07) is 10.3. The fourth-order valence-corrected chi connectivity index (χ4v) is 4.56. The molecule has 0 atom stereocenters. The fourth-order valence-electron chi connectivity index (χ4n) is 3.15. The van der Waals surface area contributed by atoms with Crippen LogP contribution in [0.5, 0.6) is 0 Å². The topological polar surface area (TPSA) is 57.7 Å². The highest BCUT2D eigenvalue weighted by Crippen LogP contribution is 2.29. The molecule has 0 radical (unpaired) electrons. The van der Waals surface area contributed by atoms with Crippen LogP contribution >= 0.6 is 0 Å². The molecule has 1 aliphatic rings. The van der Waals surface area contributed by atoms with Crippen LogP contribution in [0.1, 0.15) is 36.2 Å². The van der Waals surface area contributed by atoms with E-state index >= 15 is 0 Å². The maximum atomic E-state index is 13.7. The first kappa shape index (κ1) is 19.5. The van der Waals surface area contributed by atoms with E-state index in [4.69, 9.17) is 0 Å². The van der Waals surface area contributed by atoms with Gasteiger partial charge in [-0.05, 0) is 62.6 Å². The van der Waals surface area contributed by atoms with Crippen molar-refractivity contribution in [2.75, 3.05) is 18.5 Å². The van der Waals surface area contributed by atoms with Crippen molar-refractivity contribution in [3.05, 3.63) is 59.4 Å². The molecular formula is C20H23FN2O3S. The van der Waals surface area contributed by atoms with Crippen molar-refractivity contribution in [1.82, 2.24) is 4.31 Å². The van der Waals surface area contributed by atoms with Gasteiger partial charge in [-0.3, -0.25) is 4.79 Å². The Bertz CT molecular complexity index is 973. The number of fused-ring (bicyclic) bond motifs is 1. The van der Waals surface area contributed by atoms with Crippen LogP contribution in [0, 0.1) is 5.82 Å². The van der Waals surface area contributed by atoms with Crippen LogP contribution in [-0.4, -0.2) is 38.3 Å². The Morgan fingerprint density at radius 1 is 1.19 bits per heavy atom. The molecule has 27 heavy (non-hydrogen) atoms. The smallest absolute Gasteiger partial charge is 0.258 e. The molecule has 1 heterocycles. The number of nitrogens with zero attached hydrogens (tertiary/aromatic N) is 2. The number of hydrogen-bond acceptors (Lipinski definition) is 3. The molecule has 0 fully saturated rings. The van der Waals surface area contributed by atoms with E-state index in [-0.39, 0.29) is 22.4 Å². The highest BCUT2D eigenvalue weighted by Gasteiger charge is 2.27. The van der Waals surface area contributed by atoms with Crippen molar-refractivity contribution in [3.8, 4) is 0 Å². The lowest BCUT2D eigenvalue weighted by Crippen LogP contribution is -2.36. The molecule has 1 amide bonds. The lowest BCUT2D eigenvalue weighted by atomic mass is 10.0. The third-order valence-corrected chi connectivity index (χ3v) is 6.93. The molecule has 144 valence electrons. The van der Waals surface area contributed by atoms with E-state index in [9.17, 15) is 17.6 Å². The molecule has 0 bridgehead atoms. The van der Waals surface area contributed by atoms with Crippen molar-refractivity contribution in [2.24, 2.45) is 0 Å². The lowest BCUT2D eigenvalue weighted by Gasteiger charge is -2.29. The van der Waals surface area contributed by atoms with Crippen LogP contribution in [0.3, 0.4) is 0 Å². The largest absolute Gasteiger partial charge is 0.308 e. The average Bonchev–Trinajstić information content (AvgIpc) is 2.66. The van der Waals surface area contributed by atoms with E-state index in [2.05, 4.69) is 0 Å². The number of benzene rings is 2. The Hall–Kier alpha value is -2.25. The second kappa shape index (κ2) is 7.40. The number of aryl methyl sites for hydroxylation is 1. The summed E-state index contributed by atoms with van der Waals surface area (Å²) in [6.07, 6.45) is 1.56. The molecule has 2 aromatic carbocycles.